The van der Waals surface area contributed by atoms with Gasteiger partial charge in [0.1, 0.15) is 0 Å². The molecule has 42 heavy (non-hydrogen) atoms. The summed E-state index contributed by atoms with van der Waals surface area (Å²) in [6, 6.07) is 37.5. The summed E-state index contributed by atoms with van der Waals surface area (Å²) in [5.41, 5.74) is 9.10. The Balaban J connectivity index is 0.00000158. The molecule has 2 nitrogen and oxygen atoms in total. The maximum absolute atomic E-state index is 5.61. The predicted octanol–water partition coefficient (Wildman–Crippen LogP) is 11.7. The molecule has 0 amide bonds. The molecule has 5 rings (SSSR count). The zero-order chi connectivity index (χ0) is 29.5. The predicted molar refractivity (Wildman–Crippen MR) is 177 cm³/mol. The Morgan fingerprint density at radius 3 is 1.81 bits per heavy atom. The van der Waals surface area contributed by atoms with Gasteiger partial charge in [-0.05, 0) is 41.1 Å². The van der Waals surface area contributed by atoms with E-state index < -0.39 is 0 Å². The van der Waals surface area contributed by atoms with Crippen molar-refractivity contribution in [1.29, 1.82) is 0 Å². The maximum atomic E-state index is 5.61. The van der Waals surface area contributed by atoms with Gasteiger partial charge in [-0.3, -0.25) is 0 Å². The van der Waals surface area contributed by atoms with Crippen molar-refractivity contribution in [3.05, 3.63) is 143 Å². The number of benzene rings is 4. The van der Waals surface area contributed by atoms with E-state index in [0.29, 0.717) is 17.8 Å². The normalized spacial score (nSPS) is 11.7. The molecule has 1 radical (unpaired) electrons. The molecule has 1 heterocycles. The molecule has 0 N–H and O–H groups in total. The molecule has 0 fully saturated rings. The van der Waals surface area contributed by atoms with Crippen LogP contribution in [0, 0.1) is 13.0 Å². The van der Waals surface area contributed by atoms with Gasteiger partial charge in [0.05, 0.1) is 0 Å². The van der Waals surface area contributed by atoms with E-state index in [1.807, 2.05) is 6.07 Å². The summed E-state index contributed by atoms with van der Waals surface area (Å²) in [6.07, 6.45) is 0. The fourth-order valence-electron chi connectivity index (χ4n) is 5.49. The molecule has 1 unspecified atom stereocenters. The van der Waals surface area contributed by atoms with E-state index in [1.54, 1.807) is 6.92 Å². The van der Waals surface area contributed by atoms with Gasteiger partial charge in [0.25, 0.3) is 0 Å². The monoisotopic (exact) mass is 629 g/mol. The van der Waals surface area contributed by atoms with Gasteiger partial charge < -0.3 is 17.2 Å². The van der Waals surface area contributed by atoms with Crippen molar-refractivity contribution in [2.45, 2.75) is 72.3 Å². The van der Waals surface area contributed by atoms with E-state index in [2.05, 4.69) is 146 Å². The molecule has 1 aromatic heterocycles. The third-order valence-corrected chi connectivity index (χ3v) is 7.54. The summed E-state index contributed by atoms with van der Waals surface area (Å²) in [7, 11) is 0. The van der Waals surface area contributed by atoms with Crippen LogP contribution in [0.15, 0.2) is 97.1 Å². The maximum Gasteiger partial charge on any atom is 3.00 e. The average Bonchev–Trinajstić information content (AvgIpc) is 3.00. The fraction of sp³-hybridized carbons (Fsp3) is 0.282. The van der Waals surface area contributed by atoms with Gasteiger partial charge in [-0.25, -0.2) is 0 Å². The first-order valence-electron chi connectivity index (χ1n) is 14.8. The number of aromatic nitrogens is 1. The topological polar surface area (TPSA) is 27.0 Å². The van der Waals surface area contributed by atoms with E-state index in [9.17, 15) is 0 Å². The molecule has 213 valence electrons. The molecule has 0 saturated carbocycles. The first kappa shape index (κ1) is 33.5. The van der Waals surface area contributed by atoms with E-state index in [4.69, 9.17) is 10.3 Å². The largest absolute Gasteiger partial charge is 3.00 e. The van der Waals surface area contributed by atoms with Crippen LogP contribution in [0.1, 0.15) is 100 Å². The number of hydrogen-bond donors (Lipinski definition) is 0. The minimum absolute atomic E-state index is 0. The number of hydrogen-bond acceptors (Lipinski definition) is 1. The Labute approximate surface area is 273 Å². The third kappa shape index (κ3) is 7.30. The van der Waals surface area contributed by atoms with Crippen molar-refractivity contribution in [1.82, 2.24) is 4.98 Å². The van der Waals surface area contributed by atoms with E-state index >= 15 is 0 Å². The minimum Gasteiger partial charge on any atom is -0.673 e. The standard InChI is InChI=1S/C37H38N2.C2H5.Zr/c1-24(2)28-16-9-10-18-33(28)37(39-36-29(25(3)4)19-12-20-30(36)26(5)6)35-23-13-22-34(38-35)32-21-11-15-27-14-7-8-17-31(27)32;1-2;/h7-20,22-26,37H,1-6H3;1H2,2H3;/q-2;-1;+3. The van der Waals surface area contributed by atoms with Crippen LogP contribution >= 0.6 is 0 Å². The molecule has 0 bridgehead atoms. The van der Waals surface area contributed by atoms with Crippen LogP contribution in [0.2, 0.25) is 0 Å². The Morgan fingerprint density at radius 2 is 1.17 bits per heavy atom. The first-order chi connectivity index (χ1) is 19.8. The quantitative estimate of drug-likeness (QED) is 0.157. The van der Waals surface area contributed by atoms with Gasteiger partial charge in [-0.15, -0.1) is 34.8 Å². The molecule has 0 spiro atoms. The number of rotatable bonds is 8. The van der Waals surface area contributed by atoms with Gasteiger partial charge in [0.15, 0.2) is 0 Å². The first-order valence-corrected chi connectivity index (χ1v) is 14.8. The SMILES string of the molecule is CC(C)c1ccccc1C([N-]c1c(C(C)C)cccc1C(C)C)c1cccc(-c2[c-]ccc3ccccc23)n1.[CH2-]C.[Zr+3]. The number of nitrogens with zero attached hydrogens (tertiary/aromatic N) is 2. The van der Waals surface area contributed by atoms with Crippen LogP contribution in [0.5, 0.6) is 0 Å². The zero-order valence-electron chi connectivity index (χ0n) is 26.1. The smallest absolute Gasteiger partial charge is 0.673 e. The Hall–Kier alpha value is -3.03. The molecule has 0 aliphatic heterocycles. The third-order valence-electron chi connectivity index (χ3n) is 7.54. The minimum atomic E-state index is -0.226. The van der Waals surface area contributed by atoms with Crippen molar-refractivity contribution in [2.75, 3.05) is 0 Å². The second-order valence-corrected chi connectivity index (χ2v) is 11.3. The Morgan fingerprint density at radius 1 is 0.619 bits per heavy atom. The van der Waals surface area contributed by atoms with Crippen molar-refractivity contribution in [3.8, 4) is 11.3 Å². The molecule has 3 heteroatoms. The van der Waals surface area contributed by atoms with E-state index in [1.165, 1.54) is 27.6 Å². The van der Waals surface area contributed by atoms with Gasteiger partial charge in [-0.1, -0.05) is 142 Å². The van der Waals surface area contributed by atoms with Crippen LogP contribution < -0.4 is 0 Å². The number of pyridine rings is 1. The second kappa shape index (κ2) is 15.4. The van der Waals surface area contributed by atoms with Crippen LogP contribution in [0.3, 0.4) is 0 Å². The summed E-state index contributed by atoms with van der Waals surface area (Å²) in [5.74, 6) is 1.11. The number of para-hydroxylation sites is 1. The van der Waals surface area contributed by atoms with Gasteiger partial charge >= 0.3 is 26.2 Å². The summed E-state index contributed by atoms with van der Waals surface area (Å²) < 4.78 is 0. The van der Waals surface area contributed by atoms with Gasteiger partial charge in [0, 0.05) is 5.69 Å². The van der Waals surface area contributed by atoms with Crippen LogP contribution in [-0.4, -0.2) is 4.98 Å². The molecule has 5 aromatic rings. The molecular formula is C39H43N2Zr. The second-order valence-electron chi connectivity index (χ2n) is 11.3. The summed E-state index contributed by atoms with van der Waals surface area (Å²) >= 11 is 0. The van der Waals surface area contributed by atoms with E-state index in [-0.39, 0.29) is 32.2 Å². The molecule has 0 saturated heterocycles. The van der Waals surface area contributed by atoms with Gasteiger partial charge in [0.2, 0.25) is 0 Å². The average molecular weight is 631 g/mol. The number of fused-ring (bicyclic) bond motifs is 1. The summed E-state index contributed by atoms with van der Waals surface area (Å²) in [4.78, 5) is 5.29. The van der Waals surface area contributed by atoms with Gasteiger partial charge in [-0.2, -0.15) is 6.92 Å². The van der Waals surface area contributed by atoms with Crippen molar-refractivity contribution in [3.63, 3.8) is 0 Å². The molecule has 4 aromatic carbocycles. The van der Waals surface area contributed by atoms with E-state index in [0.717, 1.165) is 28.0 Å². The molecular weight excluding hydrogens is 588 g/mol. The van der Waals surface area contributed by atoms with Crippen molar-refractivity contribution >= 4 is 16.5 Å². The van der Waals surface area contributed by atoms with Crippen LogP contribution in [-0.2, 0) is 26.2 Å². The van der Waals surface area contributed by atoms with Crippen molar-refractivity contribution < 1.29 is 26.2 Å². The Bertz CT molecular complexity index is 1550. The summed E-state index contributed by atoms with van der Waals surface area (Å²) in [5, 5.41) is 7.96. The molecule has 0 aliphatic carbocycles. The van der Waals surface area contributed by atoms with Crippen molar-refractivity contribution in [2.24, 2.45) is 0 Å². The summed E-state index contributed by atoms with van der Waals surface area (Å²) in [6.45, 7) is 18.5. The van der Waals surface area contributed by atoms with Crippen LogP contribution in [0.4, 0.5) is 5.69 Å². The Kier molecular flexibility index (Phi) is 12.3. The fourth-order valence-corrected chi connectivity index (χ4v) is 5.49. The van der Waals surface area contributed by atoms with Crippen LogP contribution in [0.25, 0.3) is 27.3 Å². The molecule has 1 atom stereocenters. The molecule has 0 aliphatic rings. The zero-order valence-corrected chi connectivity index (χ0v) is 28.6.